The largest absolute Gasteiger partial charge is 0.493 e. The Bertz CT molecular complexity index is 723. The van der Waals surface area contributed by atoms with E-state index in [9.17, 15) is 10.1 Å². The SMILES string of the molecule is COc1cc(/C=C(/C#N)C(=O)C(C)(C)C)ccc1OCCN1CCOCC1. The highest BCUT2D eigenvalue weighted by Crippen LogP contribution is 2.30. The summed E-state index contributed by atoms with van der Waals surface area (Å²) in [6, 6.07) is 7.40. The highest BCUT2D eigenvalue weighted by molar-refractivity contribution is 6.06. The van der Waals surface area contributed by atoms with E-state index in [0.29, 0.717) is 18.1 Å². The molecule has 6 heteroatoms. The first kappa shape index (κ1) is 20.9. The quantitative estimate of drug-likeness (QED) is 0.541. The normalized spacial score (nSPS) is 15.9. The average Bonchev–Trinajstić information content (AvgIpc) is 2.66. The number of methoxy groups -OCH3 is 1. The number of nitrogens with zero attached hydrogens (tertiary/aromatic N) is 2. The zero-order valence-corrected chi connectivity index (χ0v) is 16.6. The molecule has 0 aliphatic carbocycles. The number of rotatable bonds is 7. The Morgan fingerprint density at radius 3 is 2.59 bits per heavy atom. The highest BCUT2D eigenvalue weighted by Gasteiger charge is 2.25. The molecule has 1 saturated heterocycles. The van der Waals surface area contributed by atoms with Crippen LogP contribution < -0.4 is 9.47 Å². The fourth-order valence-electron chi connectivity index (χ4n) is 2.72. The van der Waals surface area contributed by atoms with Gasteiger partial charge in [-0.2, -0.15) is 5.26 Å². The number of carbonyl (C=O) groups excluding carboxylic acids is 1. The molecule has 0 N–H and O–H groups in total. The molecule has 1 aromatic rings. The third kappa shape index (κ3) is 6.09. The van der Waals surface area contributed by atoms with Crippen molar-refractivity contribution >= 4 is 11.9 Å². The second kappa shape index (κ2) is 9.54. The van der Waals surface area contributed by atoms with Crippen molar-refractivity contribution in [1.82, 2.24) is 4.90 Å². The van der Waals surface area contributed by atoms with Crippen LogP contribution in [0.2, 0.25) is 0 Å². The predicted octanol–water partition coefficient (Wildman–Crippen LogP) is 2.93. The number of nitriles is 1. The summed E-state index contributed by atoms with van der Waals surface area (Å²) in [5.74, 6) is 1.03. The molecule has 0 unspecified atom stereocenters. The average molecular weight is 372 g/mol. The third-order valence-electron chi connectivity index (χ3n) is 4.31. The molecule has 0 radical (unpaired) electrons. The van der Waals surface area contributed by atoms with E-state index in [2.05, 4.69) is 4.90 Å². The van der Waals surface area contributed by atoms with Crippen LogP contribution in [-0.4, -0.2) is 57.2 Å². The Labute approximate surface area is 161 Å². The lowest BCUT2D eigenvalue weighted by Gasteiger charge is -2.26. The van der Waals surface area contributed by atoms with Crippen molar-refractivity contribution in [1.29, 1.82) is 5.26 Å². The summed E-state index contributed by atoms with van der Waals surface area (Å²) in [4.78, 5) is 14.6. The molecule has 146 valence electrons. The maximum atomic E-state index is 12.4. The van der Waals surface area contributed by atoms with Gasteiger partial charge in [-0.3, -0.25) is 9.69 Å². The Kier molecular flexibility index (Phi) is 7.40. The van der Waals surface area contributed by atoms with Gasteiger partial charge in [0.2, 0.25) is 0 Å². The maximum absolute atomic E-state index is 12.4. The lowest BCUT2D eigenvalue weighted by atomic mass is 9.86. The zero-order valence-electron chi connectivity index (χ0n) is 16.6. The Morgan fingerprint density at radius 2 is 2.00 bits per heavy atom. The van der Waals surface area contributed by atoms with Crippen LogP contribution in [0.4, 0.5) is 0 Å². The summed E-state index contributed by atoms with van der Waals surface area (Å²) in [5.41, 5.74) is 0.251. The third-order valence-corrected chi connectivity index (χ3v) is 4.31. The molecule has 0 saturated carbocycles. The number of hydrogen-bond acceptors (Lipinski definition) is 6. The number of benzene rings is 1. The number of ether oxygens (including phenoxy) is 3. The van der Waals surface area contributed by atoms with Crippen molar-refractivity contribution in [3.05, 3.63) is 29.3 Å². The van der Waals surface area contributed by atoms with Crippen LogP contribution in [0, 0.1) is 16.7 Å². The smallest absolute Gasteiger partial charge is 0.178 e. The topological polar surface area (TPSA) is 71.8 Å². The molecule has 1 heterocycles. The van der Waals surface area contributed by atoms with E-state index in [1.54, 1.807) is 46.1 Å². The molecular formula is C21H28N2O4. The molecule has 1 fully saturated rings. The van der Waals surface area contributed by atoms with Gasteiger partial charge in [-0.1, -0.05) is 26.8 Å². The van der Waals surface area contributed by atoms with E-state index in [1.807, 2.05) is 12.1 Å². The first-order valence-corrected chi connectivity index (χ1v) is 9.12. The first-order chi connectivity index (χ1) is 12.8. The van der Waals surface area contributed by atoms with E-state index in [0.717, 1.165) is 38.4 Å². The minimum absolute atomic E-state index is 0.130. The highest BCUT2D eigenvalue weighted by atomic mass is 16.5. The molecule has 0 bridgehead atoms. The van der Waals surface area contributed by atoms with Gasteiger partial charge in [0.15, 0.2) is 17.3 Å². The Morgan fingerprint density at radius 1 is 1.30 bits per heavy atom. The van der Waals surface area contributed by atoms with Crippen LogP contribution in [0.25, 0.3) is 6.08 Å². The van der Waals surface area contributed by atoms with Gasteiger partial charge >= 0.3 is 0 Å². The standard InChI is InChI=1S/C21H28N2O4/c1-21(2,3)20(24)17(15-22)13-16-5-6-18(19(14-16)25-4)27-12-9-23-7-10-26-11-8-23/h5-6,13-14H,7-12H2,1-4H3/b17-13-. The van der Waals surface area contributed by atoms with Gasteiger partial charge in [-0.25, -0.2) is 0 Å². The summed E-state index contributed by atoms with van der Waals surface area (Å²) in [6.45, 7) is 10.1. The molecule has 27 heavy (non-hydrogen) atoms. The summed E-state index contributed by atoms with van der Waals surface area (Å²) < 4.78 is 16.6. The predicted molar refractivity (Wildman–Crippen MR) is 104 cm³/mol. The minimum atomic E-state index is -0.603. The minimum Gasteiger partial charge on any atom is -0.493 e. The number of carbonyl (C=O) groups is 1. The van der Waals surface area contributed by atoms with Crippen LogP contribution >= 0.6 is 0 Å². The van der Waals surface area contributed by atoms with Gasteiger partial charge in [-0.15, -0.1) is 0 Å². The molecule has 1 aromatic carbocycles. The lowest BCUT2D eigenvalue weighted by Crippen LogP contribution is -2.38. The summed E-state index contributed by atoms with van der Waals surface area (Å²) in [6.07, 6.45) is 1.59. The summed E-state index contributed by atoms with van der Waals surface area (Å²) in [5, 5.41) is 9.33. The molecule has 2 rings (SSSR count). The van der Waals surface area contributed by atoms with Gasteiger partial charge in [-0.05, 0) is 23.8 Å². The van der Waals surface area contributed by atoms with E-state index < -0.39 is 5.41 Å². The van der Waals surface area contributed by atoms with E-state index in [1.165, 1.54) is 0 Å². The van der Waals surface area contributed by atoms with Crippen LogP contribution in [0.1, 0.15) is 26.3 Å². The van der Waals surface area contributed by atoms with Crippen molar-refractivity contribution in [2.45, 2.75) is 20.8 Å². The van der Waals surface area contributed by atoms with E-state index >= 15 is 0 Å². The van der Waals surface area contributed by atoms with Gasteiger partial charge in [0.1, 0.15) is 12.7 Å². The number of morpholine rings is 1. The van der Waals surface area contributed by atoms with Gasteiger partial charge < -0.3 is 14.2 Å². The maximum Gasteiger partial charge on any atom is 0.178 e. The second-order valence-corrected chi connectivity index (χ2v) is 7.46. The first-order valence-electron chi connectivity index (χ1n) is 9.12. The molecule has 0 aromatic heterocycles. The molecule has 0 atom stereocenters. The van der Waals surface area contributed by atoms with Gasteiger partial charge in [0.25, 0.3) is 0 Å². The zero-order chi connectivity index (χ0) is 19.9. The molecular weight excluding hydrogens is 344 g/mol. The number of allylic oxidation sites excluding steroid dienone is 1. The number of hydrogen-bond donors (Lipinski definition) is 0. The Hall–Kier alpha value is -2.36. The molecule has 0 spiro atoms. The summed E-state index contributed by atoms with van der Waals surface area (Å²) >= 11 is 0. The molecule has 6 nitrogen and oxygen atoms in total. The number of Topliss-reactive ketones (excluding diaryl/α,β-unsaturated/α-hetero) is 1. The molecule has 1 aliphatic rings. The summed E-state index contributed by atoms with van der Waals surface area (Å²) in [7, 11) is 1.57. The van der Waals surface area contributed by atoms with Crippen LogP contribution in [0.15, 0.2) is 23.8 Å². The van der Waals surface area contributed by atoms with E-state index in [-0.39, 0.29) is 11.4 Å². The van der Waals surface area contributed by atoms with E-state index in [4.69, 9.17) is 14.2 Å². The van der Waals surface area contributed by atoms with Crippen molar-refractivity contribution in [2.75, 3.05) is 46.6 Å². The second-order valence-electron chi connectivity index (χ2n) is 7.46. The van der Waals surface area contributed by atoms with Crippen molar-refractivity contribution in [3.8, 4) is 17.6 Å². The lowest BCUT2D eigenvalue weighted by molar-refractivity contribution is -0.121. The van der Waals surface area contributed by atoms with Crippen LogP contribution in [0.5, 0.6) is 11.5 Å². The van der Waals surface area contributed by atoms with Crippen molar-refractivity contribution in [3.63, 3.8) is 0 Å². The fourth-order valence-corrected chi connectivity index (χ4v) is 2.72. The molecule has 0 amide bonds. The van der Waals surface area contributed by atoms with Gasteiger partial charge in [0, 0.05) is 25.0 Å². The molecule has 1 aliphatic heterocycles. The van der Waals surface area contributed by atoms with Crippen LogP contribution in [-0.2, 0) is 9.53 Å². The van der Waals surface area contributed by atoms with Gasteiger partial charge in [0.05, 0.1) is 25.9 Å². The van der Waals surface area contributed by atoms with Crippen LogP contribution in [0.3, 0.4) is 0 Å². The number of ketones is 1. The Balaban J connectivity index is 2.07. The van der Waals surface area contributed by atoms with Crippen molar-refractivity contribution in [2.24, 2.45) is 5.41 Å². The monoisotopic (exact) mass is 372 g/mol. The van der Waals surface area contributed by atoms with Crippen molar-refractivity contribution < 1.29 is 19.0 Å². The fraction of sp³-hybridized carbons (Fsp3) is 0.524.